The fourth-order valence-corrected chi connectivity index (χ4v) is 5.05. The Hall–Kier alpha value is -3.13. The van der Waals surface area contributed by atoms with Gasteiger partial charge >= 0.3 is 6.09 Å². The van der Waals surface area contributed by atoms with E-state index in [0.29, 0.717) is 28.6 Å². The Balaban J connectivity index is 1.70. The summed E-state index contributed by atoms with van der Waals surface area (Å²) in [5.41, 5.74) is 1.18. The van der Waals surface area contributed by atoms with Crippen LogP contribution in [0.3, 0.4) is 0 Å². The van der Waals surface area contributed by atoms with E-state index in [1.807, 2.05) is 18.2 Å². The van der Waals surface area contributed by atoms with Crippen LogP contribution in [-0.2, 0) is 9.53 Å². The topological polar surface area (TPSA) is 81.5 Å². The van der Waals surface area contributed by atoms with Gasteiger partial charge in [0.15, 0.2) is 5.78 Å². The Kier molecular flexibility index (Phi) is 5.58. The highest BCUT2D eigenvalue weighted by Crippen LogP contribution is 2.41. The summed E-state index contributed by atoms with van der Waals surface area (Å²) >= 11 is 1.52. The molecule has 7 nitrogen and oxygen atoms in total. The lowest BCUT2D eigenvalue weighted by molar-refractivity contribution is -0.119. The van der Waals surface area contributed by atoms with Gasteiger partial charge in [-0.25, -0.2) is 4.79 Å². The van der Waals surface area contributed by atoms with Gasteiger partial charge in [0.2, 0.25) is 6.41 Å². The molecule has 0 radical (unpaired) electrons. The number of ketones is 1. The van der Waals surface area contributed by atoms with Gasteiger partial charge in [0.05, 0.1) is 5.52 Å². The van der Waals surface area contributed by atoms with Crippen molar-refractivity contribution in [1.29, 1.82) is 0 Å². The number of hydrogen-bond acceptors (Lipinski definition) is 6. The van der Waals surface area contributed by atoms with Gasteiger partial charge in [0.1, 0.15) is 17.0 Å². The molecule has 1 saturated heterocycles. The van der Waals surface area contributed by atoms with Gasteiger partial charge in [-0.15, -0.1) is 11.8 Å². The third kappa shape index (κ3) is 4.07. The maximum absolute atomic E-state index is 13.5. The van der Waals surface area contributed by atoms with Crippen molar-refractivity contribution in [1.82, 2.24) is 14.5 Å². The van der Waals surface area contributed by atoms with Crippen molar-refractivity contribution in [3.8, 4) is 0 Å². The Morgan fingerprint density at radius 3 is 2.65 bits per heavy atom. The second kappa shape index (κ2) is 8.19. The summed E-state index contributed by atoms with van der Waals surface area (Å²) in [5.74, 6) is 0.257. The number of amides is 1. The highest BCUT2D eigenvalue weighted by atomic mass is 32.2. The molecule has 1 aliphatic heterocycles. The third-order valence-corrected chi connectivity index (χ3v) is 6.34. The molecule has 8 heteroatoms. The number of benzene rings is 1. The van der Waals surface area contributed by atoms with Gasteiger partial charge in [-0.3, -0.25) is 19.1 Å². The van der Waals surface area contributed by atoms with Crippen LogP contribution in [0.25, 0.3) is 10.9 Å². The number of rotatable bonds is 4. The number of aromatic nitrogens is 2. The molecule has 3 aromatic rings. The van der Waals surface area contributed by atoms with E-state index in [9.17, 15) is 14.4 Å². The molecule has 0 bridgehead atoms. The van der Waals surface area contributed by atoms with Gasteiger partial charge in [-0.1, -0.05) is 24.3 Å². The minimum Gasteiger partial charge on any atom is -0.443 e. The molecule has 160 valence electrons. The van der Waals surface area contributed by atoms with Crippen LogP contribution in [0.4, 0.5) is 4.79 Å². The number of carbonyl (C=O) groups excluding carboxylic acids is 3. The molecular weight excluding hydrogens is 414 g/mol. The first-order valence-corrected chi connectivity index (χ1v) is 11.0. The molecule has 0 aliphatic carbocycles. The summed E-state index contributed by atoms with van der Waals surface area (Å²) in [4.78, 5) is 43.9. The number of Topliss-reactive ketones (excluding diaryl/α,β-unsaturated/α-hetero) is 1. The van der Waals surface area contributed by atoms with Gasteiger partial charge in [0, 0.05) is 40.9 Å². The number of carbonyl (C=O) groups is 3. The van der Waals surface area contributed by atoms with E-state index < -0.39 is 17.7 Å². The van der Waals surface area contributed by atoms with Crippen molar-refractivity contribution in [2.45, 2.75) is 37.8 Å². The summed E-state index contributed by atoms with van der Waals surface area (Å²) in [5, 5.41) is 0.374. The number of fused-ring (bicyclic) bond motifs is 1. The first-order valence-electron chi connectivity index (χ1n) is 9.92. The Labute approximate surface area is 184 Å². The maximum atomic E-state index is 13.5. The minimum atomic E-state index is -0.667. The largest absolute Gasteiger partial charge is 0.443 e. The molecule has 2 atom stereocenters. The smallest absolute Gasteiger partial charge is 0.419 e. The van der Waals surface area contributed by atoms with E-state index in [-0.39, 0.29) is 11.2 Å². The lowest BCUT2D eigenvalue weighted by atomic mass is 10.0. The number of nitrogens with zero attached hydrogens (tertiary/aromatic N) is 3. The van der Waals surface area contributed by atoms with Crippen molar-refractivity contribution >= 4 is 41.0 Å². The zero-order valence-corrected chi connectivity index (χ0v) is 18.3. The highest BCUT2D eigenvalue weighted by molar-refractivity contribution is 7.99. The average Bonchev–Trinajstić information content (AvgIpc) is 3.34. The molecule has 31 heavy (non-hydrogen) atoms. The second-order valence-corrected chi connectivity index (χ2v) is 9.43. The summed E-state index contributed by atoms with van der Waals surface area (Å²) in [7, 11) is 0. The summed E-state index contributed by atoms with van der Waals surface area (Å²) in [6.07, 6.45) is 5.06. The summed E-state index contributed by atoms with van der Waals surface area (Å²) in [6.45, 7) is 5.37. The Morgan fingerprint density at radius 2 is 1.97 bits per heavy atom. The van der Waals surface area contributed by atoms with E-state index in [4.69, 9.17) is 4.74 Å². The van der Waals surface area contributed by atoms with E-state index in [1.165, 1.54) is 27.4 Å². The molecule has 0 spiro atoms. The first-order chi connectivity index (χ1) is 14.8. The van der Waals surface area contributed by atoms with Crippen LogP contribution in [0.2, 0.25) is 0 Å². The predicted molar refractivity (Wildman–Crippen MR) is 119 cm³/mol. The zero-order chi connectivity index (χ0) is 22.2. The summed E-state index contributed by atoms with van der Waals surface area (Å²) < 4.78 is 6.86. The van der Waals surface area contributed by atoms with Gasteiger partial charge in [0.25, 0.3) is 0 Å². The fourth-order valence-electron chi connectivity index (χ4n) is 3.67. The minimum absolute atomic E-state index is 0.204. The molecule has 1 fully saturated rings. The van der Waals surface area contributed by atoms with Crippen molar-refractivity contribution in [2.75, 3.05) is 5.75 Å². The van der Waals surface area contributed by atoms with Crippen LogP contribution < -0.4 is 0 Å². The molecule has 2 aromatic heterocycles. The van der Waals surface area contributed by atoms with Crippen molar-refractivity contribution in [3.63, 3.8) is 0 Å². The third-order valence-electron chi connectivity index (χ3n) is 5.00. The molecule has 3 heterocycles. The van der Waals surface area contributed by atoms with E-state index in [2.05, 4.69) is 4.98 Å². The van der Waals surface area contributed by atoms with Crippen molar-refractivity contribution in [3.05, 3.63) is 66.1 Å². The van der Waals surface area contributed by atoms with Crippen molar-refractivity contribution in [2.24, 2.45) is 0 Å². The van der Waals surface area contributed by atoms with Crippen LogP contribution in [-0.4, -0.2) is 50.1 Å². The molecule has 0 N–H and O–H groups in total. The monoisotopic (exact) mass is 437 g/mol. The standard InChI is InChI=1S/C23H23N3O4S/c1-23(2,3)30-22(29)25-12-17(16-8-4-5-9-18(16)25)20(28)19-13-31-21(26(19)14-27)15-7-6-10-24-11-15/h4-12,14,19,21H,13H2,1-3H3/t19-,21?/m0/s1. The Morgan fingerprint density at radius 1 is 1.19 bits per heavy atom. The second-order valence-electron chi connectivity index (χ2n) is 8.31. The number of pyridine rings is 1. The number of hydrogen-bond donors (Lipinski definition) is 0. The van der Waals surface area contributed by atoms with Crippen molar-refractivity contribution < 1.29 is 19.1 Å². The fraction of sp³-hybridized carbons (Fsp3) is 0.304. The van der Waals surface area contributed by atoms with E-state index in [1.54, 1.807) is 51.4 Å². The normalized spacial score (nSPS) is 18.9. The van der Waals surface area contributed by atoms with Gasteiger partial charge in [-0.2, -0.15) is 0 Å². The quantitative estimate of drug-likeness (QED) is 0.448. The van der Waals surface area contributed by atoms with Crippen LogP contribution >= 0.6 is 11.8 Å². The predicted octanol–water partition coefficient (Wildman–Crippen LogP) is 4.27. The van der Waals surface area contributed by atoms with Crippen LogP contribution in [0.1, 0.15) is 42.1 Å². The van der Waals surface area contributed by atoms with E-state index >= 15 is 0 Å². The lowest BCUT2D eigenvalue weighted by Crippen LogP contribution is -2.38. The Bertz CT molecular complexity index is 1140. The molecule has 0 saturated carbocycles. The van der Waals surface area contributed by atoms with Gasteiger partial charge in [-0.05, 0) is 32.9 Å². The summed E-state index contributed by atoms with van der Waals surface area (Å²) in [6, 6.07) is 10.3. The molecule has 1 aliphatic rings. The first kappa shape index (κ1) is 21.1. The lowest BCUT2D eigenvalue weighted by Gasteiger charge is -2.24. The molecular formula is C23H23N3O4S. The average molecular weight is 438 g/mol. The zero-order valence-electron chi connectivity index (χ0n) is 17.5. The van der Waals surface area contributed by atoms with Crippen LogP contribution in [0.5, 0.6) is 0 Å². The number of thioether (sulfide) groups is 1. The molecule has 1 unspecified atom stereocenters. The maximum Gasteiger partial charge on any atom is 0.419 e. The van der Waals surface area contributed by atoms with Crippen LogP contribution in [0.15, 0.2) is 55.0 Å². The molecule has 1 aromatic carbocycles. The van der Waals surface area contributed by atoms with Gasteiger partial charge < -0.3 is 9.64 Å². The molecule has 4 rings (SSSR count). The SMILES string of the molecule is CC(C)(C)OC(=O)n1cc(C(=O)[C@@H]2CSC(c3cccnc3)N2C=O)c2ccccc21. The number of para-hydroxylation sites is 1. The molecule has 1 amide bonds. The van der Waals surface area contributed by atoms with E-state index in [0.717, 1.165) is 5.56 Å². The number of ether oxygens (including phenoxy) is 1. The van der Waals surface area contributed by atoms with Crippen LogP contribution in [0, 0.1) is 0 Å². The highest BCUT2D eigenvalue weighted by Gasteiger charge is 2.40.